The van der Waals surface area contributed by atoms with Crippen molar-refractivity contribution in [2.45, 2.75) is 38.1 Å². The molecule has 0 atom stereocenters. The Labute approximate surface area is 105 Å². The molecule has 1 rings (SSSR count). The molecular formula is C10H18N4O2S. The quantitative estimate of drug-likeness (QED) is 0.632. The Morgan fingerprint density at radius 1 is 1.47 bits per heavy atom. The van der Waals surface area contributed by atoms with E-state index in [0.717, 1.165) is 0 Å². The van der Waals surface area contributed by atoms with Crippen LogP contribution in [0.1, 0.15) is 26.6 Å². The lowest BCUT2D eigenvalue weighted by molar-refractivity contribution is -0.151. The largest absolute Gasteiger partial charge is 0.459 e. The minimum Gasteiger partial charge on any atom is -0.459 e. The molecule has 0 unspecified atom stereocenters. The molecule has 7 heteroatoms. The number of esters is 1. The Kier molecular flexibility index (Phi) is 4.53. The summed E-state index contributed by atoms with van der Waals surface area (Å²) in [4.78, 5) is 11.5. The molecule has 0 aromatic carbocycles. The third kappa shape index (κ3) is 4.35. The zero-order valence-corrected chi connectivity index (χ0v) is 11.4. The van der Waals surface area contributed by atoms with Crippen LogP contribution in [0.4, 0.5) is 0 Å². The van der Waals surface area contributed by atoms with E-state index >= 15 is 0 Å². The summed E-state index contributed by atoms with van der Waals surface area (Å²) < 4.78 is 6.96. The Bertz CT molecular complexity index is 398. The highest BCUT2D eigenvalue weighted by Gasteiger charge is 2.17. The molecule has 96 valence electrons. The lowest BCUT2D eigenvalue weighted by atomic mass is 10.2. The molecule has 0 saturated carbocycles. The molecule has 1 aromatic heterocycles. The number of nitrogens with zero attached hydrogens (tertiary/aromatic N) is 3. The van der Waals surface area contributed by atoms with Crippen molar-refractivity contribution in [3.8, 4) is 0 Å². The third-order valence-corrected chi connectivity index (χ3v) is 2.84. The SMILES string of the molecule is Cn1c(CN)nnc1SCC(=O)OC(C)(C)C. The van der Waals surface area contributed by atoms with Crippen LogP contribution >= 0.6 is 11.8 Å². The number of carbonyl (C=O) groups is 1. The summed E-state index contributed by atoms with van der Waals surface area (Å²) in [7, 11) is 1.82. The predicted molar refractivity (Wildman–Crippen MR) is 65.5 cm³/mol. The maximum atomic E-state index is 11.5. The standard InChI is InChI=1S/C10H18N4O2S/c1-10(2,3)16-8(15)6-17-9-13-12-7(5-11)14(9)4/h5-6,11H2,1-4H3. The van der Waals surface area contributed by atoms with E-state index in [4.69, 9.17) is 10.5 Å². The number of ether oxygens (including phenoxy) is 1. The highest BCUT2D eigenvalue weighted by Crippen LogP contribution is 2.17. The van der Waals surface area contributed by atoms with E-state index in [9.17, 15) is 4.79 Å². The maximum absolute atomic E-state index is 11.5. The van der Waals surface area contributed by atoms with Crippen LogP contribution in [0.5, 0.6) is 0 Å². The molecule has 0 bridgehead atoms. The van der Waals surface area contributed by atoms with Crippen molar-refractivity contribution in [1.29, 1.82) is 0 Å². The van der Waals surface area contributed by atoms with Crippen LogP contribution in [-0.4, -0.2) is 32.1 Å². The molecule has 2 N–H and O–H groups in total. The lowest BCUT2D eigenvalue weighted by Gasteiger charge is -2.19. The van der Waals surface area contributed by atoms with E-state index in [1.165, 1.54) is 11.8 Å². The highest BCUT2D eigenvalue weighted by atomic mass is 32.2. The molecule has 1 aromatic rings. The van der Waals surface area contributed by atoms with Crippen LogP contribution in [-0.2, 0) is 23.1 Å². The second kappa shape index (κ2) is 5.50. The Hall–Kier alpha value is -1.08. The fourth-order valence-electron chi connectivity index (χ4n) is 1.14. The molecule has 0 radical (unpaired) electrons. The molecule has 1 heterocycles. The number of thioether (sulfide) groups is 1. The number of aromatic nitrogens is 3. The first kappa shape index (κ1) is 14.0. The van der Waals surface area contributed by atoms with Gasteiger partial charge in [-0.15, -0.1) is 10.2 Å². The van der Waals surface area contributed by atoms with Crippen molar-refractivity contribution in [2.24, 2.45) is 12.8 Å². The van der Waals surface area contributed by atoms with Crippen molar-refractivity contribution in [3.05, 3.63) is 5.82 Å². The van der Waals surface area contributed by atoms with Gasteiger partial charge < -0.3 is 15.0 Å². The molecule has 6 nitrogen and oxygen atoms in total. The van der Waals surface area contributed by atoms with Gasteiger partial charge in [0.2, 0.25) is 0 Å². The first-order valence-corrected chi connectivity index (χ1v) is 6.25. The van der Waals surface area contributed by atoms with Crippen LogP contribution in [0.15, 0.2) is 5.16 Å². The van der Waals surface area contributed by atoms with Gasteiger partial charge in [0.15, 0.2) is 5.16 Å². The first-order valence-electron chi connectivity index (χ1n) is 5.26. The molecule has 17 heavy (non-hydrogen) atoms. The van der Waals surface area contributed by atoms with Crippen LogP contribution in [0.2, 0.25) is 0 Å². The normalized spacial score (nSPS) is 11.6. The number of hydrogen-bond donors (Lipinski definition) is 1. The molecular weight excluding hydrogens is 240 g/mol. The molecule has 0 aliphatic rings. The number of hydrogen-bond acceptors (Lipinski definition) is 6. The molecule has 0 amide bonds. The predicted octanol–water partition coefficient (Wildman–Crippen LogP) is 0.708. The smallest absolute Gasteiger partial charge is 0.316 e. The van der Waals surface area contributed by atoms with Gasteiger partial charge in [-0.25, -0.2) is 0 Å². The molecule has 0 spiro atoms. The van der Waals surface area contributed by atoms with Crippen LogP contribution in [0, 0.1) is 0 Å². The van der Waals surface area contributed by atoms with Gasteiger partial charge in [0.1, 0.15) is 11.4 Å². The summed E-state index contributed by atoms with van der Waals surface area (Å²) in [5, 5.41) is 8.51. The van der Waals surface area contributed by atoms with Gasteiger partial charge in [-0.3, -0.25) is 4.79 Å². The lowest BCUT2D eigenvalue weighted by Crippen LogP contribution is -2.25. The van der Waals surface area contributed by atoms with Crippen molar-refractivity contribution in [1.82, 2.24) is 14.8 Å². The zero-order valence-electron chi connectivity index (χ0n) is 10.6. The maximum Gasteiger partial charge on any atom is 0.316 e. The van der Waals surface area contributed by atoms with Crippen molar-refractivity contribution >= 4 is 17.7 Å². The second-order valence-electron chi connectivity index (χ2n) is 4.54. The Morgan fingerprint density at radius 3 is 2.59 bits per heavy atom. The van der Waals surface area contributed by atoms with E-state index < -0.39 is 5.60 Å². The number of rotatable bonds is 4. The van der Waals surface area contributed by atoms with E-state index in [2.05, 4.69) is 10.2 Å². The monoisotopic (exact) mass is 258 g/mol. The van der Waals surface area contributed by atoms with E-state index in [-0.39, 0.29) is 11.7 Å². The zero-order chi connectivity index (χ0) is 13.1. The third-order valence-electron chi connectivity index (χ3n) is 1.85. The Balaban J connectivity index is 2.50. The number of nitrogens with two attached hydrogens (primary N) is 1. The summed E-state index contributed by atoms with van der Waals surface area (Å²) in [6.45, 7) is 5.84. The Morgan fingerprint density at radius 2 is 2.12 bits per heavy atom. The second-order valence-corrected chi connectivity index (χ2v) is 5.48. The van der Waals surface area contributed by atoms with Crippen LogP contribution in [0.3, 0.4) is 0 Å². The summed E-state index contributed by atoms with van der Waals surface area (Å²) >= 11 is 1.29. The van der Waals surface area contributed by atoms with Crippen LogP contribution in [0.25, 0.3) is 0 Å². The van der Waals surface area contributed by atoms with Gasteiger partial charge in [0, 0.05) is 7.05 Å². The van der Waals surface area contributed by atoms with Gasteiger partial charge >= 0.3 is 5.97 Å². The van der Waals surface area contributed by atoms with Crippen molar-refractivity contribution in [2.75, 3.05) is 5.75 Å². The highest BCUT2D eigenvalue weighted by molar-refractivity contribution is 7.99. The van der Waals surface area contributed by atoms with Gasteiger partial charge in [-0.05, 0) is 20.8 Å². The molecule has 0 saturated heterocycles. The molecule has 0 fully saturated rings. The van der Waals surface area contributed by atoms with Gasteiger partial charge in [-0.2, -0.15) is 0 Å². The topological polar surface area (TPSA) is 83.0 Å². The minimum absolute atomic E-state index is 0.216. The van der Waals surface area contributed by atoms with Gasteiger partial charge in [0.25, 0.3) is 0 Å². The summed E-state index contributed by atoms with van der Waals surface area (Å²) in [6, 6.07) is 0. The first-order chi connectivity index (χ1) is 7.83. The van der Waals surface area contributed by atoms with Crippen LogP contribution < -0.4 is 5.73 Å². The summed E-state index contributed by atoms with van der Waals surface area (Å²) in [6.07, 6.45) is 0. The van der Waals surface area contributed by atoms with E-state index in [1.54, 1.807) is 4.57 Å². The van der Waals surface area contributed by atoms with Gasteiger partial charge in [0.05, 0.1) is 12.3 Å². The van der Waals surface area contributed by atoms with Crippen molar-refractivity contribution in [3.63, 3.8) is 0 Å². The average Bonchev–Trinajstić information content (AvgIpc) is 2.54. The fraction of sp³-hybridized carbons (Fsp3) is 0.700. The van der Waals surface area contributed by atoms with E-state index in [1.807, 2.05) is 27.8 Å². The fourth-order valence-corrected chi connectivity index (χ4v) is 1.85. The molecule has 0 aliphatic heterocycles. The average molecular weight is 258 g/mol. The minimum atomic E-state index is -0.458. The van der Waals surface area contributed by atoms with Gasteiger partial charge in [-0.1, -0.05) is 11.8 Å². The van der Waals surface area contributed by atoms with E-state index in [0.29, 0.717) is 17.5 Å². The molecule has 0 aliphatic carbocycles. The van der Waals surface area contributed by atoms with Crippen molar-refractivity contribution < 1.29 is 9.53 Å². The summed E-state index contributed by atoms with van der Waals surface area (Å²) in [5.74, 6) is 0.643. The number of carbonyl (C=O) groups excluding carboxylic acids is 1. The summed E-state index contributed by atoms with van der Waals surface area (Å²) in [5.41, 5.74) is 5.02.